The number of fused-ring (bicyclic) bond motifs is 1. The monoisotopic (exact) mass is 484 g/mol. The van der Waals surface area contributed by atoms with Gasteiger partial charge in [0.05, 0.1) is 5.56 Å². The number of aryl methyl sites for hydroxylation is 4. The lowest BCUT2D eigenvalue weighted by molar-refractivity contribution is -0.116. The molecule has 1 amide bonds. The van der Waals surface area contributed by atoms with Crippen LogP contribution < -0.4 is 16.6 Å². The first-order valence-corrected chi connectivity index (χ1v) is 12.8. The Morgan fingerprint density at radius 1 is 1.15 bits per heavy atom. The van der Waals surface area contributed by atoms with E-state index in [1.807, 2.05) is 18.4 Å². The van der Waals surface area contributed by atoms with Crippen LogP contribution in [0.3, 0.4) is 0 Å². The molecule has 3 rings (SSSR count). The van der Waals surface area contributed by atoms with Gasteiger partial charge in [0.25, 0.3) is 5.56 Å². The van der Waals surface area contributed by atoms with Crippen LogP contribution in [0.25, 0.3) is 11.2 Å². The smallest absolute Gasteiger partial charge is 0.322 e. The highest BCUT2D eigenvalue weighted by atomic mass is 32.1. The van der Waals surface area contributed by atoms with E-state index in [1.165, 1.54) is 15.9 Å². The summed E-state index contributed by atoms with van der Waals surface area (Å²) < 4.78 is 3.39. The molecule has 0 aliphatic rings. The zero-order valence-corrected chi connectivity index (χ0v) is 20.9. The van der Waals surface area contributed by atoms with Gasteiger partial charge in [0.1, 0.15) is 16.9 Å². The molecule has 0 aromatic carbocycles. The predicted molar refractivity (Wildman–Crippen MR) is 134 cm³/mol. The van der Waals surface area contributed by atoms with Crippen LogP contribution in [0.4, 0.5) is 5.00 Å². The molecule has 9 nitrogen and oxygen atoms in total. The average molecular weight is 485 g/mol. The maximum Gasteiger partial charge on any atom is 0.330 e. The van der Waals surface area contributed by atoms with E-state index in [0.717, 1.165) is 43.4 Å². The summed E-state index contributed by atoms with van der Waals surface area (Å²) in [6, 6.07) is 3.93. The van der Waals surface area contributed by atoms with Crippen LogP contribution in [0, 0.1) is 11.3 Å². The van der Waals surface area contributed by atoms with Crippen molar-refractivity contribution in [1.29, 1.82) is 5.26 Å². The van der Waals surface area contributed by atoms with Crippen LogP contribution in [0.15, 0.2) is 15.7 Å². The lowest BCUT2D eigenvalue weighted by Gasteiger charge is -2.09. The number of carbonyl (C=O) groups is 1. The number of thiophene rings is 1. The van der Waals surface area contributed by atoms with Crippen molar-refractivity contribution in [2.75, 3.05) is 5.32 Å². The van der Waals surface area contributed by atoms with Crippen molar-refractivity contribution in [3.05, 3.63) is 43.2 Å². The van der Waals surface area contributed by atoms with Gasteiger partial charge in [-0.25, -0.2) is 9.78 Å². The van der Waals surface area contributed by atoms with Crippen molar-refractivity contribution in [3.8, 4) is 6.07 Å². The lowest BCUT2D eigenvalue weighted by atomic mass is 10.2. The van der Waals surface area contributed by atoms with Crippen molar-refractivity contribution < 1.29 is 4.79 Å². The first-order chi connectivity index (χ1) is 16.4. The maximum atomic E-state index is 12.7. The molecular formula is C24H32N6O3S. The Labute approximate surface area is 202 Å². The molecule has 0 saturated carbocycles. The van der Waals surface area contributed by atoms with E-state index in [9.17, 15) is 19.6 Å². The fourth-order valence-electron chi connectivity index (χ4n) is 3.90. The molecule has 0 aliphatic carbocycles. The molecule has 0 fully saturated rings. The van der Waals surface area contributed by atoms with Crippen LogP contribution >= 0.6 is 11.3 Å². The fraction of sp³-hybridized carbons (Fsp3) is 0.542. The van der Waals surface area contributed by atoms with Crippen molar-refractivity contribution >= 4 is 33.4 Å². The summed E-state index contributed by atoms with van der Waals surface area (Å²) in [7, 11) is 0. The second kappa shape index (κ2) is 11.8. The van der Waals surface area contributed by atoms with Gasteiger partial charge in [-0.3, -0.25) is 19.1 Å². The number of imidazole rings is 1. The number of carbonyl (C=O) groups excluding carboxylic acids is 1. The molecule has 0 spiro atoms. The van der Waals surface area contributed by atoms with Gasteiger partial charge in [-0.15, -0.1) is 11.3 Å². The molecule has 0 saturated heterocycles. The van der Waals surface area contributed by atoms with Crippen molar-refractivity contribution in [1.82, 2.24) is 19.1 Å². The Balaban J connectivity index is 1.90. The number of hydrogen-bond acceptors (Lipinski definition) is 6. The molecule has 3 aromatic rings. The molecule has 182 valence electrons. The number of nitriles is 1. The first-order valence-electron chi connectivity index (χ1n) is 12.0. The number of unbranched alkanes of at least 4 members (excludes halogenated alkanes) is 3. The Hall–Kier alpha value is -3.19. The topological polar surface area (TPSA) is 126 Å². The Bertz CT molecular complexity index is 1310. The Morgan fingerprint density at radius 2 is 1.88 bits per heavy atom. The summed E-state index contributed by atoms with van der Waals surface area (Å²) in [5, 5.41) is 12.7. The van der Waals surface area contributed by atoms with E-state index < -0.39 is 11.2 Å². The van der Waals surface area contributed by atoms with Gasteiger partial charge >= 0.3 is 5.69 Å². The molecule has 0 bridgehead atoms. The third-order valence-corrected chi connectivity index (χ3v) is 6.96. The summed E-state index contributed by atoms with van der Waals surface area (Å²) in [6.45, 7) is 7.22. The van der Waals surface area contributed by atoms with Crippen LogP contribution in [0.5, 0.6) is 0 Å². The quantitative estimate of drug-likeness (QED) is 0.377. The van der Waals surface area contributed by atoms with Gasteiger partial charge in [-0.05, 0) is 25.3 Å². The van der Waals surface area contributed by atoms with Gasteiger partial charge in [0.2, 0.25) is 5.91 Å². The minimum absolute atomic E-state index is 0.151. The number of rotatable bonds is 12. The number of nitrogens with one attached hydrogen (secondary N) is 2. The molecule has 10 heteroatoms. The molecule has 34 heavy (non-hydrogen) atoms. The molecule has 3 heterocycles. The first kappa shape index (κ1) is 25.4. The second-order valence-corrected chi connectivity index (χ2v) is 9.43. The number of aromatic nitrogens is 4. The van der Waals surface area contributed by atoms with Gasteiger partial charge in [-0.1, -0.05) is 40.0 Å². The number of H-pyrrole nitrogens is 1. The minimum atomic E-state index is -0.457. The average Bonchev–Trinajstić information content (AvgIpc) is 3.38. The lowest BCUT2D eigenvalue weighted by Crippen LogP contribution is -2.31. The van der Waals surface area contributed by atoms with E-state index >= 15 is 0 Å². The summed E-state index contributed by atoms with van der Waals surface area (Å²) in [6.07, 6.45) is 5.88. The summed E-state index contributed by atoms with van der Waals surface area (Å²) >= 11 is 1.41. The van der Waals surface area contributed by atoms with E-state index in [0.29, 0.717) is 47.1 Å². The molecular weight excluding hydrogens is 452 g/mol. The number of hydrogen-bond donors (Lipinski definition) is 2. The number of anilines is 1. The van der Waals surface area contributed by atoms with Crippen LogP contribution in [-0.4, -0.2) is 25.0 Å². The van der Waals surface area contributed by atoms with E-state index in [-0.39, 0.29) is 12.3 Å². The predicted octanol–water partition coefficient (Wildman–Crippen LogP) is 3.94. The van der Waals surface area contributed by atoms with Gasteiger partial charge in [0, 0.05) is 30.8 Å². The molecule has 0 unspecified atom stereocenters. The summed E-state index contributed by atoms with van der Waals surface area (Å²) in [5.74, 6) is 0.397. The fourth-order valence-corrected chi connectivity index (χ4v) is 4.86. The largest absolute Gasteiger partial charge is 0.330 e. The third kappa shape index (κ3) is 5.65. The van der Waals surface area contributed by atoms with E-state index in [4.69, 9.17) is 0 Å². The molecule has 0 atom stereocenters. The molecule has 2 N–H and O–H groups in total. The second-order valence-electron chi connectivity index (χ2n) is 8.29. The van der Waals surface area contributed by atoms with Gasteiger partial charge in [0.15, 0.2) is 11.2 Å². The summed E-state index contributed by atoms with van der Waals surface area (Å²) in [4.78, 5) is 46.0. The van der Waals surface area contributed by atoms with E-state index in [1.54, 1.807) is 6.07 Å². The number of amides is 1. The van der Waals surface area contributed by atoms with Crippen LogP contribution in [-0.2, 0) is 30.7 Å². The standard InChI is InChI=1S/C24H32N6O3S/c1-4-7-9-13-29-18(10-11-19(31)27-23-16(15-25)14-17(6-3)34-23)26-21-20(29)22(32)28-24(33)30(21)12-8-5-2/h14H,4-13H2,1-3H3,(H,27,31)(H,28,32,33). The highest BCUT2D eigenvalue weighted by molar-refractivity contribution is 7.16. The highest BCUT2D eigenvalue weighted by Gasteiger charge is 2.19. The maximum absolute atomic E-state index is 12.7. The normalized spacial score (nSPS) is 11.1. The van der Waals surface area contributed by atoms with Gasteiger partial charge < -0.3 is 9.88 Å². The van der Waals surface area contributed by atoms with Crippen LogP contribution in [0.2, 0.25) is 0 Å². The Morgan fingerprint density at radius 3 is 2.56 bits per heavy atom. The van der Waals surface area contributed by atoms with E-state index in [2.05, 4.69) is 28.3 Å². The zero-order valence-electron chi connectivity index (χ0n) is 20.1. The Kier molecular flexibility index (Phi) is 8.82. The minimum Gasteiger partial charge on any atom is -0.322 e. The summed E-state index contributed by atoms with van der Waals surface area (Å²) in [5.41, 5.74) is 0.332. The number of aromatic amines is 1. The highest BCUT2D eigenvalue weighted by Crippen LogP contribution is 2.28. The molecule has 0 aliphatic heterocycles. The van der Waals surface area contributed by atoms with Crippen molar-refractivity contribution in [2.45, 2.75) is 85.2 Å². The third-order valence-electron chi connectivity index (χ3n) is 5.77. The van der Waals surface area contributed by atoms with Crippen LogP contribution in [0.1, 0.15) is 75.6 Å². The molecule has 3 aromatic heterocycles. The van der Waals surface area contributed by atoms with Crippen molar-refractivity contribution in [3.63, 3.8) is 0 Å². The van der Waals surface area contributed by atoms with Crippen molar-refractivity contribution in [2.24, 2.45) is 0 Å². The SMILES string of the molecule is CCCCCn1c(CCC(=O)Nc2sc(CC)cc2C#N)nc2c1c(=O)[nH]c(=O)n2CCCC. The molecule has 0 radical (unpaired) electrons. The van der Waals surface area contributed by atoms with Gasteiger partial charge in [-0.2, -0.15) is 5.26 Å². The zero-order chi connectivity index (χ0) is 24.7. The number of nitrogens with zero attached hydrogens (tertiary/aromatic N) is 4.